The predicted molar refractivity (Wildman–Crippen MR) is 124 cm³/mol. The van der Waals surface area contributed by atoms with Gasteiger partial charge in [-0.1, -0.05) is 36.2 Å². The zero-order valence-electron chi connectivity index (χ0n) is 18.5. The number of nitrogens with one attached hydrogen (secondary N) is 1. The van der Waals surface area contributed by atoms with Gasteiger partial charge in [0.1, 0.15) is 0 Å². The fourth-order valence-corrected chi connectivity index (χ4v) is 4.50. The number of benzene rings is 1. The monoisotopic (exact) mass is 455 g/mol. The Morgan fingerprint density at radius 2 is 2.12 bits per heavy atom. The highest BCUT2D eigenvalue weighted by Gasteiger charge is 2.33. The standard InChI is InChI=1S/C24H27ClFN5O/c1-15-6-7-19(17-11-29-30(3)14-17)20(9-15)24(32)31-8-4-5-16(2)22(31)13-28-23-21(26)10-18(25)12-27-23/h6-7,9-12,14,16,22H,4-5,8,13H2,1-3H3,(H,27,28)/t16-,22?/m1/s1. The number of carbonyl (C=O) groups excluding carboxylic acids is 1. The maximum absolute atomic E-state index is 14.2. The van der Waals surface area contributed by atoms with E-state index in [4.69, 9.17) is 11.6 Å². The molecule has 2 atom stereocenters. The molecule has 0 saturated carbocycles. The van der Waals surface area contributed by atoms with Gasteiger partial charge in [-0.15, -0.1) is 0 Å². The Morgan fingerprint density at radius 3 is 2.84 bits per heavy atom. The van der Waals surface area contributed by atoms with Crippen LogP contribution in [-0.4, -0.2) is 44.7 Å². The normalized spacial score (nSPS) is 18.6. The van der Waals surface area contributed by atoms with E-state index in [-0.39, 0.29) is 28.7 Å². The first-order valence-corrected chi connectivity index (χ1v) is 11.2. The first-order chi connectivity index (χ1) is 15.3. The quantitative estimate of drug-likeness (QED) is 0.592. The average Bonchev–Trinajstić information content (AvgIpc) is 3.19. The number of rotatable bonds is 5. The minimum absolute atomic E-state index is 0.0181. The van der Waals surface area contributed by atoms with Crippen LogP contribution in [0.3, 0.4) is 0 Å². The average molecular weight is 456 g/mol. The highest BCUT2D eigenvalue weighted by molar-refractivity contribution is 6.30. The molecule has 6 nitrogen and oxygen atoms in total. The van der Waals surface area contributed by atoms with Crippen LogP contribution in [0.1, 0.15) is 35.7 Å². The molecule has 32 heavy (non-hydrogen) atoms. The molecule has 1 N–H and O–H groups in total. The predicted octanol–water partition coefficient (Wildman–Crippen LogP) is 4.94. The molecule has 168 valence electrons. The van der Waals surface area contributed by atoms with E-state index in [2.05, 4.69) is 22.3 Å². The molecule has 1 aliphatic heterocycles. The number of pyridine rings is 1. The summed E-state index contributed by atoms with van der Waals surface area (Å²) in [5.74, 6) is -0.111. The molecule has 0 bridgehead atoms. The van der Waals surface area contributed by atoms with Gasteiger partial charge in [0, 0.05) is 43.7 Å². The Morgan fingerprint density at radius 1 is 1.31 bits per heavy atom. The molecule has 1 amide bonds. The van der Waals surface area contributed by atoms with Crippen LogP contribution in [0, 0.1) is 18.7 Å². The van der Waals surface area contributed by atoms with Crippen LogP contribution < -0.4 is 5.32 Å². The van der Waals surface area contributed by atoms with Crippen molar-refractivity contribution in [3.05, 3.63) is 64.8 Å². The Bertz CT molecular complexity index is 1130. The lowest BCUT2D eigenvalue weighted by Crippen LogP contribution is -2.51. The second-order valence-corrected chi connectivity index (χ2v) is 8.94. The van der Waals surface area contributed by atoms with E-state index in [1.807, 2.05) is 43.3 Å². The maximum atomic E-state index is 14.2. The smallest absolute Gasteiger partial charge is 0.254 e. The number of nitrogens with zero attached hydrogens (tertiary/aromatic N) is 4. The molecule has 0 radical (unpaired) electrons. The van der Waals surface area contributed by atoms with Gasteiger partial charge < -0.3 is 10.2 Å². The lowest BCUT2D eigenvalue weighted by atomic mass is 9.89. The van der Waals surface area contributed by atoms with Crippen molar-refractivity contribution in [3.8, 4) is 11.1 Å². The van der Waals surface area contributed by atoms with Crippen molar-refractivity contribution < 1.29 is 9.18 Å². The molecule has 1 aromatic carbocycles. The van der Waals surface area contributed by atoms with Crippen LogP contribution in [0.5, 0.6) is 0 Å². The molecule has 3 aromatic rings. The fourth-order valence-electron chi connectivity index (χ4n) is 4.36. The molecule has 1 aliphatic rings. The molecular formula is C24H27ClFN5O. The molecule has 8 heteroatoms. The van der Waals surface area contributed by atoms with E-state index in [1.54, 1.807) is 10.9 Å². The molecule has 1 fully saturated rings. The summed E-state index contributed by atoms with van der Waals surface area (Å²) in [6.07, 6.45) is 7.04. The van der Waals surface area contributed by atoms with Crippen LogP contribution in [0.2, 0.25) is 5.02 Å². The zero-order valence-corrected chi connectivity index (χ0v) is 19.2. The molecule has 1 saturated heterocycles. The Kier molecular flexibility index (Phi) is 6.46. The number of likely N-dealkylation sites (tertiary alicyclic amines) is 1. The van der Waals surface area contributed by atoms with Gasteiger partial charge in [-0.2, -0.15) is 5.10 Å². The number of amides is 1. The topological polar surface area (TPSA) is 63.1 Å². The second-order valence-electron chi connectivity index (χ2n) is 8.50. The lowest BCUT2D eigenvalue weighted by Gasteiger charge is -2.40. The summed E-state index contributed by atoms with van der Waals surface area (Å²) < 4.78 is 15.9. The number of anilines is 1. The van der Waals surface area contributed by atoms with Gasteiger partial charge in [0.15, 0.2) is 11.6 Å². The summed E-state index contributed by atoms with van der Waals surface area (Å²) in [5.41, 5.74) is 3.45. The first-order valence-electron chi connectivity index (χ1n) is 10.8. The second kappa shape index (κ2) is 9.28. The third kappa shape index (κ3) is 4.63. The SMILES string of the molecule is Cc1ccc(-c2cnn(C)c2)c(C(=O)N2CCC[C@@H](C)C2CNc2ncc(Cl)cc2F)c1. The van der Waals surface area contributed by atoms with Crippen LogP contribution in [0.15, 0.2) is 42.9 Å². The number of aromatic nitrogens is 3. The fraction of sp³-hybridized carbons (Fsp3) is 0.375. The summed E-state index contributed by atoms with van der Waals surface area (Å²) in [7, 11) is 1.86. The van der Waals surface area contributed by atoms with E-state index < -0.39 is 5.82 Å². The number of hydrogen-bond acceptors (Lipinski definition) is 4. The van der Waals surface area contributed by atoms with E-state index in [1.165, 1.54) is 12.3 Å². The minimum Gasteiger partial charge on any atom is -0.366 e. The third-order valence-electron chi connectivity index (χ3n) is 6.08. The van der Waals surface area contributed by atoms with Crippen molar-refractivity contribution in [2.75, 3.05) is 18.4 Å². The van der Waals surface area contributed by atoms with Gasteiger partial charge in [-0.3, -0.25) is 9.48 Å². The van der Waals surface area contributed by atoms with Crippen LogP contribution in [-0.2, 0) is 7.05 Å². The van der Waals surface area contributed by atoms with Crippen molar-refractivity contribution in [2.45, 2.75) is 32.7 Å². The molecule has 4 rings (SSSR count). The van der Waals surface area contributed by atoms with Gasteiger partial charge in [0.2, 0.25) is 0 Å². The molecule has 2 aromatic heterocycles. The Hall–Kier alpha value is -2.93. The molecule has 3 heterocycles. The van der Waals surface area contributed by atoms with Crippen molar-refractivity contribution in [2.24, 2.45) is 13.0 Å². The summed E-state index contributed by atoms with van der Waals surface area (Å²) in [5, 5.41) is 7.60. The lowest BCUT2D eigenvalue weighted by molar-refractivity contribution is 0.0540. The molecular weight excluding hydrogens is 429 g/mol. The Labute approximate surface area is 192 Å². The number of halogens is 2. The largest absolute Gasteiger partial charge is 0.366 e. The first kappa shape index (κ1) is 22.3. The van der Waals surface area contributed by atoms with Gasteiger partial charge in [0.25, 0.3) is 5.91 Å². The maximum Gasteiger partial charge on any atom is 0.254 e. The highest BCUT2D eigenvalue weighted by atomic mass is 35.5. The van der Waals surface area contributed by atoms with E-state index in [0.717, 1.165) is 29.5 Å². The van der Waals surface area contributed by atoms with Crippen LogP contribution in [0.25, 0.3) is 11.1 Å². The van der Waals surface area contributed by atoms with Gasteiger partial charge in [-0.05, 0) is 43.4 Å². The van der Waals surface area contributed by atoms with E-state index >= 15 is 0 Å². The summed E-state index contributed by atoms with van der Waals surface area (Å²) >= 11 is 5.81. The van der Waals surface area contributed by atoms with E-state index in [9.17, 15) is 9.18 Å². The van der Waals surface area contributed by atoms with Gasteiger partial charge >= 0.3 is 0 Å². The van der Waals surface area contributed by atoms with Crippen molar-refractivity contribution >= 4 is 23.3 Å². The summed E-state index contributed by atoms with van der Waals surface area (Å²) in [4.78, 5) is 19.8. The van der Waals surface area contributed by atoms with Crippen molar-refractivity contribution in [3.63, 3.8) is 0 Å². The number of piperidine rings is 1. The number of aryl methyl sites for hydroxylation is 2. The zero-order chi connectivity index (χ0) is 22.8. The van der Waals surface area contributed by atoms with Gasteiger partial charge in [0.05, 0.1) is 17.3 Å². The van der Waals surface area contributed by atoms with Crippen LogP contribution >= 0.6 is 11.6 Å². The summed E-state index contributed by atoms with van der Waals surface area (Å²) in [6, 6.07) is 7.07. The molecule has 0 spiro atoms. The van der Waals surface area contributed by atoms with Gasteiger partial charge in [-0.25, -0.2) is 9.37 Å². The summed E-state index contributed by atoms with van der Waals surface area (Å²) in [6.45, 7) is 5.19. The van der Waals surface area contributed by atoms with E-state index in [0.29, 0.717) is 18.7 Å². The molecule has 1 unspecified atom stereocenters. The Balaban J connectivity index is 1.62. The molecule has 0 aliphatic carbocycles. The number of hydrogen-bond donors (Lipinski definition) is 1. The van der Waals surface area contributed by atoms with Crippen molar-refractivity contribution in [1.82, 2.24) is 19.7 Å². The van der Waals surface area contributed by atoms with Crippen LogP contribution in [0.4, 0.5) is 10.2 Å². The minimum atomic E-state index is -0.503. The number of carbonyl (C=O) groups is 1. The third-order valence-corrected chi connectivity index (χ3v) is 6.29. The van der Waals surface area contributed by atoms with Crippen molar-refractivity contribution in [1.29, 1.82) is 0 Å². The highest BCUT2D eigenvalue weighted by Crippen LogP contribution is 2.30.